The number of nitriles is 1. The molecule has 2 heteroatoms. The molecule has 2 bridgehead atoms. The van der Waals surface area contributed by atoms with Crippen molar-refractivity contribution in [1.82, 2.24) is 0 Å². The summed E-state index contributed by atoms with van der Waals surface area (Å²) in [7, 11) is 0. The van der Waals surface area contributed by atoms with Gasteiger partial charge in [-0.3, -0.25) is 0 Å². The largest absolute Gasteiger partial charge is 0.250 e. The lowest BCUT2D eigenvalue weighted by atomic mass is 9.05. The van der Waals surface area contributed by atoms with Gasteiger partial charge < -0.3 is 0 Å². The van der Waals surface area contributed by atoms with Gasteiger partial charge in [0.25, 0.3) is 0 Å². The summed E-state index contributed by atoms with van der Waals surface area (Å²) in [5.41, 5.74) is 0. The normalized spacial score (nSPS) is 43.0. The van der Waals surface area contributed by atoms with Crippen LogP contribution in [0, 0.1) is 11.2 Å². The van der Waals surface area contributed by atoms with Crippen LogP contribution < -0.4 is 0 Å². The Bertz CT molecular complexity index is 291. The minimum absolute atomic E-state index is 0.659. The first-order valence-electron chi connectivity index (χ1n) is 7.96. The summed E-state index contributed by atoms with van der Waals surface area (Å²) >= 11 is 0. The Labute approximate surface area is 106 Å². The maximum atomic E-state index is 9.98. The van der Waals surface area contributed by atoms with Crippen LogP contribution in [0.5, 0.6) is 0 Å². The Balaban J connectivity index is 1.91. The fourth-order valence-corrected chi connectivity index (χ4v) is 5.83. The van der Waals surface area contributed by atoms with E-state index >= 15 is 0 Å². The van der Waals surface area contributed by atoms with E-state index in [1.165, 1.54) is 70.6 Å². The Hall–Kier alpha value is -0.445. The monoisotopic (exact) mass is 230 g/mol. The average Bonchev–Trinajstić information content (AvgIpc) is 2.38. The third-order valence-corrected chi connectivity index (χ3v) is 6.51. The molecule has 0 atom stereocenters. The molecule has 0 aromatic heterocycles. The highest BCUT2D eigenvalue weighted by atomic mass is 14.4. The predicted octanol–water partition coefficient (Wildman–Crippen LogP) is 4.94. The van der Waals surface area contributed by atoms with Gasteiger partial charge in [0.2, 0.25) is 0 Å². The summed E-state index contributed by atoms with van der Waals surface area (Å²) in [4.78, 5) is 0. The van der Waals surface area contributed by atoms with Gasteiger partial charge in [0.15, 0.2) is 0 Å². The molecule has 94 valence electrons. The molecule has 1 saturated carbocycles. The summed E-state index contributed by atoms with van der Waals surface area (Å²) in [6, 6.07) is 0. The maximum absolute atomic E-state index is 9.98. The quantitative estimate of drug-likeness (QED) is 0.585. The molecule has 2 aliphatic heterocycles. The summed E-state index contributed by atoms with van der Waals surface area (Å²) in [5.74, 6) is 5.39. The first kappa shape index (κ1) is 11.6. The topological polar surface area (TPSA) is 23.8 Å². The molecule has 3 aliphatic rings. The van der Waals surface area contributed by atoms with Crippen molar-refractivity contribution in [3.8, 4) is 5.97 Å². The zero-order valence-electron chi connectivity index (χ0n) is 11.0. The standard InChI is InChI=1S/C15H25BN/c17-12-16(13-6-2-1-3-7-13)14-8-4-9-15(16)11-5-10-14/h13-15H,1-11H2/q-1. The van der Waals surface area contributed by atoms with Crippen LogP contribution in [0.1, 0.15) is 70.6 Å². The van der Waals surface area contributed by atoms with Gasteiger partial charge in [-0.1, -0.05) is 70.6 Å². The van der Waals surface area contributed by atoms with Crippen LogP contribution in [0.15, 0.2) is 0 Å². The smallest absolute Gasteiger partial charge is 0.113 e. The minimum atomic E-state index is -0.659. The van der Waals surface area contributed by atoms with Gasteiger partial charge in [-0.25, -0.2) is 5.26 Å². The minimum Gasteiger partial charge on any atom is -0.250 e. The van der Waals surface area contributed by atoms with Gasteiger partial charge >= 0.3 is 0 Å². The van der Waals surface area contributed by atoms with E-state index in [2.05, 4.69) is 5.97 Å². The van der Waals surface area contributed by atoms with Gasteiger partial charge in [0.1, 0.15) is 6.15 Å². The zero-order chi connectivity index (χ0) is 11.7. The van der Waals surface area contributed by atoms with Crippen molar-refractivity contribution in [1.29, 1.82) is 5.26 Å². The third-order valence-electron chi connectivity index (χ3n) is 6.51. The molecule has 2 heterocycles. The fraction of sp³-hybridized carbons (Fsp3) is 0.933. The molecule has 0 amide bonds. The number of fused-ring (bicyclic) bond motifs is 2. The van der Waals surface area contributed by atoms with Crippen LogP contribution in [0.25, 0.3) is 0 Å². The molecule has 0 aromatic carbocycles. The molecule has 3 rings (SSSR count). The van der Waals surface area contributed by atoms with Crippen molar-refractivity contribution in [2.24, 2.45) is 0 Å². The van der Waals surface area contributed by atoms with Crippen molar-refractivity contribution in [2.75, 3.05) is 0 Å². The van der Waals surface area contributed by atoms with Gasteiger partial charge in [0, 0.05) is 0 Å². The molecule has 0 aromatic rings. The van der Waals surface area contributed by atoms with Crippen molar-refractivity contribution in [3.63, 3.8) is 0 Å². The first-order chi connectivity index (χ1) is 8.38. The molecule has 17 heavy (non-hydrogen) atoms. The second-order valence-electron chi connectivity index (χ2n) is 6.99. The van der Waals surface area contributed by atoms with Crippen LogP contribution in [0.2, 0.25) is 17.5 Å². The number of rotatable bonds is 1. The van der Waals surface area contributed by atoms with Crippen LogP contribution in [0.3, 0.4) is 0 Å². The van der Waals surface area contributed by atoms with E-state index in [4.69, 9.17) is 0 Å². The molecule has 1 aliphatic carbocycles. The molecule has 1 nitrogen and oxygen atoms in total. The summed E-state index contributed by atoms with van der Waals surface area (Å²) in [5, 5.41) is 9.98. The Morgan fingerprint density at radius 2 is 1.06 bits per heavy atom. The molecule has 2 saturated heterocycles. The second-order valence-corrected chi connectivity index (χ2v) is 6.99. The highest BCUT2D eigenvalue weighted by Crippen LogP contribution is 2.59. The second kappa shape index (κ2) is 4.67. The molecule has 0 unspecified atom stereocenters. The van der Waals surface area contributed by atoms with E-state index in [1.54, 1.807) is 0 Å². The molecule has 3 fully saturated rings. The molecule has 0 radical (unpaired) electrons. The van der Waals surface area contributed by atoms with E-state index < -0.39 is 6.15 Å². The first-order valence-corrected chi connectivity index (χ1v) is 7.96. The van der Waals surface area contributed by atoms with Crippen LogP contribution in [-0.2, 0) is 0 Å². The van der Waals surface area contributed by atoms with Crippen LogP contribution in [0.4, 0.5) is 0 Å². The van der Waals surface area contributed by atoms with Gasteiger partial charge in [-0.2, -0.15) is 23.4 Å². The lowest BCUT2D eigenvalue weighted by molar-refractivity contribution is 0.400. The van der Waals surface area contributed by atoms with E-state index in [0.29, 0.717) is 0 Å². The molecular weight excluding hydrogens is 205 g/mol. The summed E-state index contributed by atoms with van der Waals surface area (Å²) in [6.45, 7) is 0. The summed E-state index contributed by atoms with van der Waals surface area (Å²) in [6.07, 6.45) is 14.6. The van der Waals surface area contributed by atoms with Gasteiger partial charge in [-0.15, -0.1) is 0 Å². The van der Waals surface area contributed by atoms with Crippen LogP contribution >= 0.6 is 0 Å². The highest BCUT2D eigenvalue weighted by Gasteiger charge is 2.48. The Kier molecular flexibility index (Phi) is 3.20. The lowest BCUT2D eigenvalue weighted by Crippen LogP contribution is -2.52. The van der Waals surface area contributed by atoms with E-state index in [-0.39, 0.29) is 0 Å². The Morgan fingerprint density at radius 3 is 1.47 bits per heavy atom. The maximum Gasteiger partial charge on any atom is 0.113 e. The average molecular weight is 230 g/mol. The number of nitrogens with zero attached hydrogens (tertiary/aromatic N) is 1. The van der Waals surface area contributed by atoms with Gasteiger partial charge in [0.05, 0.1) is 0 Å². The fourth-order valence-electron chi connectivity index (χ4n) is 5.83. The number of hydrogen-bond acceptors (Lipinski definition) is 1. The van der Waals surface area contributed by atoms with Crippen molar-refractivity contribution in [2.45, 2.75) is 88.1 Å². The SMILES string of the molecule is N#C[B-]1(C2CCCCC2)C2CCCC1CCC2. The lowest BCUT2D eigenvalue weighted by Gasteiger charge is -2.59. The predicted molar refractivity (Wildman–Crippen MR) is 73.4 cm³/mol. The highest BCUT2D eigenvalue weighted by molar-refractivity contribution is 6.90. The summed E-state index contributed by atoms with van der Waals surface area (Å²) < 4.78 is 0. The Morgan fingerprint density at radius 1 is 0.647 bits per heavy atom. The molecular formula is C15H25BN-. The number of hydrogen-bond donors (Lipinski definition) is 0. The zero-order valence-corrected chi connectivity index (χ0v) is 11.0. The van der Waals surface area contributed by atoms with E-state index in [1.807, 2.05) is 0 Å². The van der Waals surface area contributed by atoms with E-state index in [0.717, 1.165) is 17.5 Å². The van der Waals surface area contributed by atoms with Crippen LogP contribution in [-0.4, -0.2) is 6.15 Å². The van der Waals surface area contributed by atoms with Crippen molar-refractivity contribution < 1.29 is 0 Å². The third kappa shape index (κ3) is 1.74. The van der Waals surface area contributed by atoms with Gasteiger partial charge in [-0.05, 0) is 0 Å². The van der Waals surface area contributed by atoms with Crippen molar-refractivity contribution >= 4 is 6.15 Å². The molecule has 0 spiro atoms. The van der Waals surface area contributed by atoms with E-state index in [9.17, 15) is 5.26 Å². The molecule has 0 N–H and O–H groups in total. The van der Waals surface area contributed by atoms with Crippen molar-refractivity contribution in [3.05, 3.63) is 0 Å².